The number of hydrogen-bond acceptors (Lipinski definition) is 4. The van der Waals surface area contributed by atoms with E-state index in [2.05, 4.69) is 41.4 Å². The SMILES string of the molecule is Cc1ccc(SCc2nnc(Cl)s2)cc1. The highest BCUT2D eigenvalue weighted by atomic mass is 35.5. The quantitative estimate of drug-likeness (QED) is 0.782. The number of benzene rings is 1. The van der Waals surface area contributed by atoms with E-state index >= 15 is 0 Å². The van der Waals surface area contributed by atoms with Crippen LogP contribution in [0.4, 0.5) is 0 Å². The van der Waals surface area contributed by atoms with Crippen LogP contribution in [0.5, 0.6) is 0 Å². The molecule has 0 bridgehead atoms. The molecule has 78 valence electrons. The Balaban J connectivity index is 1.96. The van der Waals surface area contributed by atoms with Crippen LogP contribution in [0.2, 0.25) is 4.47 Å². The Morgan fingerprint density at radius 2 is 2.00 bits per heavy atom. The van der Waals surface area contributed by atoms with Crippen LogP contribution < -0.4 is 0 Å². The normalized spacial score (nSPS) is 10.5. The van der Waals surface area contributed by atoms with Gasteiger partial charge in [-0.15, -0.1) is 22.0 Å². The highest BCUT2D eigenvalue weighted by molar-refractivity contribution is 7.98. The summed E-state index contributed by atoms with van der Waals surface area (Å²) < 4.78 is 0.509. The Kier molecular flexibility index (Phi) is 3.61. The van der Waals surface area contributed by atoms with Gasteiger partial charge in [0.15, 0.2) is 0 Å². The summed E-state index contributed by atoms with van der Waals surface area (Å²) in [6.45, 7) is 2.08. The molecule has 0 N–H and O–H groups in total. The summed E-state index contributed by atoms with van der Waals surface area (Å²) in [6, 6.07) is 8.44. The van der Waals surface area contributed by atoms with Gasteiger partial charge in [0.05, 0.1) is 5.75 Å². The molecule has 0 spiro atoms. The van der Waals surface area contributed by atoms with E-state index in [1.807, 2.05) is 0 Å². The first-order valence-electron chi connectivity index (χ1n) is 4.41. The van der Waals surface area contributed by atoms with Crippen molar-refractivity contribution in [1.29, 1.82) is 0 Å². The molecule has 2 aromatic rings. The summed E-state index contributed by atoms with van der Waals surface area (Å²) in [5.74, 6) is 0.827. The number of aromatic nitrogens is 2. The van der Waals surface area contributed by atoms with Gasteiger partial charge in [-0.1, -0.05) is 29.0 Å². The number of rotatable bonds is 3. The molecule has 1 aromatic heterocycles. The zero-order chi connectivity index (χ0) is 10.7. The second kappa shape index (κ2) is 4.96. The molecule has 0 saturated heterocycles. The van der Waals surface area contributed by atoms with Gasteiger partial charge in [-0.3, -0.25) is 0 Å². The van der Waals surface area contributed by atoms with Crippen LogP contribution in [0.3, 0.4) is 0 Å². The van der Waals surface area contributed by atoms with Crippen molar-refractivity contribution in [2.24, 2.45) is 0 Å². The lowest BCUT2D eigenvalue weighted by Crippen LogP contribution is -1.79. The monoisotopic (exact) mass is 256 g/mol. The standard InChI is InChI=1S/C10H9ClN2S2/c1-7-2-4-8(5-3-7)14-6-9-12-13-10(11)15-9/h2-5H,6H2,1H3. The first-order chi connectivity index (χ1) is 7.24. The molecular weight excluding hydrogens is 248 g/mol. The van der Waals surface area contributed by atoms with Crippen molar-refractivity contribution in [2.75, 3.05) is 0 Å². The molecule has 0 saturated carbocycles. The van der Waals surface area contributed by atoms with Gasteiger partial charge in [0, 0.05) is 4.90 Å². The molecule has 1 heterocycles. The summed E-state index contributed by atoms with van der Waals surface area (Å²) in [6.07, 6.45) is 0. The van der Waals surface area contributed by atoms with Gasteiger partial charge in [0.1, 0.15) is 5.01 Å². The third-order valence-electron chi connectivity index (χ3n) is 1.83. The molecule has 0 fully saturated rings. The van der Waals surface area contributed by atoms with E-state index in [1.54, 1.807) is 11.8 Å². The van der Waals surface area contributed by atoms with Crippen LogP contribution in [0.15, 0.2) is 29.2 Å². The maximum atomic E-state index is 5.70. The highest BCUT2D eigenvalue weighted by Crippen LogP contribution is 2.25. The molecule has 2 rings (SSSR count). The van der Waals surface area contributed by atoms with Gasteiger partial charge < -0.3 is 0 Å². The fourth-order valence-corrected chi connectivity index (χ4v) is 2.82. The van der Waals surface area contributed by atoms with E-state index in [4.69, 9.17) is 11.6 Å². The van der Waals surface area contributed by atoms with E-state index in [0.29, 0.717) is 4.47 Å². The minimum atomic E-state index is 0.509. The third kappa shape index (κ3) is 3.19. The Morgan fingerprint density at radius 3 is 2.60 bits per heavy atom. The van der Waals surface area contributed by atoms with Crippen molar-refractivity contribution in [3.63, 3.8) is 0 Å². The first kappa shape index (κ1) is 10.9. The molecule has 0 amide bonds. The van der Waals surface area contributed by atoms with Crippen molar-refractivity contribution >= 4 is 34.7 Å². The minimum Gasteiger partial charge on any atom is -0.141 e. The molecule has 0 aliphatic heterocycles. The maximum absolute atomic E-state index is 5.70. The molecule has 2 nitrogen and oxygen atoms in total. The lowest BCUT2D eigenvalue weighted by molar-refractivity contribution is 1.04. The number of nitrogens with zero attached hydrogens (tertiary/aromatic N) is 2. The average molecular weight is 257 g/mol. The Hall–Kier alpha value is -0.580. The Bertz CT molecular complexity index is 439. The van der Waals surface area contributed by atoms with Crippen LogP contribution in [0.25, 0.3) is 0 Å². The van der Waals surface area contributed by atoms with Gasteiger partial charge in [0.2, 0.25) is 4.47 Å². The molecule has 0 atom stereocenters. The van der Waals surface area contributed by atoms with Crippen molar-refractivity contribution < 1.29 is 0 Å². The van der Waals surface area contributed by atoms with E-state index in [0.717, 1.165) is 10.8 Å². The molecule has 0 unspecified atom stereocenters. The van der Waals surface area contributed by atoms with E-state index in [-0.39, 0.29) is 0 Å². The van der Waals surface area contributed by atoms with Crippen molar-refractivity contribution in [3.8, 4) is 0 Å². The number of halogens is 1. The second-order valence-electron chi connectivity index (χ2n) is 3.05. The average Bonchev–Trinajstić information content (AvgIpc) is 2.64. The van der Waals surface area contributed by atoms with Crippen molar-refractivity contribution in [3.05, 3.63) is 39.3 Å². The Morgan fingerprint density at radius 1 is 1.27 bits per heavy atom. The molecule has 15 heavy (non-hydrogen) atoms. The smallest absolute Gasteiger partial charge is 0.141 e. The zero-order valence-corrected chi connectivity index (χ0v) is 10.5. The highest BCUT2D eigenvalue weighted by Gasteiger charge is 2.02. The summed E-state index contributed by atoms with van der Waals surface area (Å²) in [7, 11) is 0. The lowest BCUT2D eigenvalue weighted by atomic mass is 10.2. The predicted octanol–water partition coefficient (Wildman–Crippen LogP) is 3.79. The third-order valence-corrected chi connectivity index (χ3v) is 4.05. The van der Waals surface area contributed by atoms with Crippen LogP contribution >= 0.6 is 34.7 Å². The topological polar surface area (TPSA) is 25.8 Å². The predicted molar refractivity (Wildman–Crippen MR) is 65.7 cm³/mol. The maximum Gasteiger partial charge on any atom is 0.207 e. The molecule has 5 heteroatoms. The van der Waals surface area contributed by atoms with Crippen LogP contribution in [-0.2, 0) is 5.75 Å². The summed E-state index contributed by atoms with van der Waals surface area (Å²) in [5.41, 5.74) is 1.28. The van der Waals surface area contributed by atoms with Crippen LogP contribution in [-0.4, -0.2) is 10.2 Å². The van der Waals surface area contributed by atoms with Gasteiger partial charge in [-0.2, -0.15) is 0 Å². The molecule has 0 aliphatic carbocycles. The van der Waals surface area contributed by atoms with Crippen molar-refractivity contribution in [2.45, 2.75) is 17.6 Å². The fourth-order valence-electron chi connectivity index (χ4n) is 1.07. The van der Waals surface area contributed by atoms with Crippen LogP contribution in [0.1, 0.15) is 10.6 Å². The number of aryl methyl sites for hydroxylation is 1. The van der Waals surface area contributed by atoms with Gasteiger partial charge >= 0.3 is 0 Å². The van der Waals surface area contributed by atoms with Crippen molar-refractivity contribution in [1.82, 2.24) is 10.2 Å². The summed E-state index contributed by atoms with van der Waals surface area (Å²) in [4.78, 5) is 1.24. The van der Waals surface area contributed by atoms with Gasteiger partial charge in [0.25, 0.3) is 0 Å². The zero-order valence-electron chi connectivity index (χ0n) is 8.11. The summed E-state index contributed by atoms with van der Waals surface area (Å²) >= 11 is 8.88. The van der Waals surface area contributed by atoms with E-state index in [9.17, 15) is 0 Å². The van der Waals surface area contributed by atoms with Gasteiger partial charge in [-0.25, -0.2) is 0 Å². The Labute approximate surface area is 102 Å². The molecule has 0 radical (unpaired) electrons. The molecule has 1 aromatic carbocycles. The second-order valence-corrected chi connectivity index (χ2v) is 5.74. The molecule has 0 aliphatic rings. The van der Waals surface area contributed by atoms with Gasteiger partial charge in [-0.05, 0) is 30.7 Å². The van der Waals surface area contributed by atoms with E-state index in [1.165, 1.54) is 21.8 Å². The molecular formula is C10H9ClN2S2. The number of thioether (sulfide) groups is 1. The van der Waals surface area contributed by atoms with E-state index < -0.39 is 0 Å². The first-order valence-corrected chi connectivity index (χ1v) is 6.59. The van der Waals surface area contributed by atoms with Crippen LogP contribution in [0, 0.1) is 6.92 Å². The summed E-state index contributed by atoms with van der Waals surface area (Å²) in [5, 5.41) is 8.69. The largest absolute Gasteiger partial charge is 0.207 e. The fraction of sp³-hybridized carbons (Fsp3) is 0.200. The minimum absolute atomic E-state index is 0.509. The number of hydrogen-bond donors (Lipinski definition) is 0. The lowest BCUT2D eigenvalue weighted by Gasteiger charge is -1.98.